The first kappa shape index (κ1) is 22.2. The molecular formula is C18H30Cl2N2O3. The van der Waals surface area contributed by atoms with Gasteiger partial charge in [-0.25, -0.2) is 0 Å². The van der Waals surface area contributed by atoms with Gasteiger partial charge in [-0.15, -0.1) is 24.8 Å². The molecule has 5 nitrogen and oxygen atoms in total. The second kappa shape index (κ2) is 11.0. The van der Waals surface area contributed by atoms with Gasteiger partial charge in [0.15, 0.2) is 11.5 Å². The minimum Gasteiger partial charge on any atom is -0.493 e. The Balaban J connectivity index is 0.00000156. The standard InChI is InChI=1S/C18H28N2O3.2ClH/c1-3-4-5-6-15(20-9-7-19-8-10-20)14-11-16(21-2)18-17(12-14)22-13-23-18;;/h11-12,15,19H,3-10,13H2,1-2H3;2*1H/t15-;;/m1../s1. The maximum atomic E-state index is 5.61. The number of piperazine rings is 1. The fourth-order valence-electron chi connectivity index (χ4n) is 3.48. The van der Waals surface area contributed by atoms with E-state index in [0.717, 1.165) is 43.4 Å². The molecule has 2 aliphatic heterocycles. The van der Waals surface area contributed by atoms with Crippen molar-refractivity contribution in [1.29, 1.82) is 0 Å². The lowest BCUT2D eigenvalue weighted by molar-refractivity contribution is 0.162. The number of hydrogen-bond donors (Lipinski definition) is 1. The van der Waals surface area contributed by atoms with E-state index >= 15 is 0 Å². The van der Waals surface area contributed by atoms with Gasteiger partial charge in [-0.1, -0.05) is 26.2 Å². The van der Waals surface area contributed by atoms with E-state index in [1.807, 2.05) is 0 Å². The summed E-state index contributed by atoms with van der Waals surface area (Å²) >= 11 is 0. The van der Waals surface area contributed by atoms with Gasteiger partial charge in [0, 0.05) is 32.2 Å². The van der Waals surface area contributed by atoms with Crippen molar-refractivity contribution in [1.82, 2.24) is 10.2 Å². The molecule has 1 fully saturated rings. The van der Waals surface area contributed by atoms with Gasteiger partial charge < -0.3 is 19.5 Å². The molecule has 3 rings (SSSR count). The number of rotatable bonds is 7. The number of halogens is 2. The molecule has 0 amide bonds. The zero-order chi connectivity index (χ0) is 16.1. The van der Waals surface area contributed by atoms with E-state index in [1.54, 1.807) is 7.11 Å². The fourth-order valence-corrected chi connectivity index (χ4v) is 3.48. The van der Waals surface area contributed by atoms with Crippen LogP contribution in [0.1, 0.15) is 44.2 Å². The van der Waals surface area contributed by atoms with Gasteiger partial charge in [-0.05, 0) is 24.1 Å². The number of benzene rings is 1. The van der Waals surface area contributed by atoms with Gasteiger partial charge in [0.2, 0.25) is 12.5 Å². The maximum absolute atomic E-state index is 5.61. The summed E-state index contributed by atoms with van der Waals surface area (Å²) in [6, 6.07) is 4.70. The zero-order valence-corrected chi connectivity index (χ0v) is 16.7. The van der Waals surface area contributed by atoms with Crippen LogP contribution in [-0.4, -0.2) is 45.0 Å². The molecule has 7 heteroatoms. The molecule has 1 saturated heterocycles. The molecule has 0 bridgehead atoms. The van der Waals surface area contributed by atoms with Crippen LogP contribution < -0.4 is 19.5 Å². The predicted octanol–water partition coefficient (Wildman–Crippen LogP) is 3.79. The highest BCUT2D eigenvalue weighted by Crippen LogP contribution is 2.44. The van der Waals surface area contributed by atoms with Crippen LogP contribution in [0.4, 0.5) is 0 Å². The van der Waals surface area contributed by atoms with Gasteiger partial charge in [0.05, 0.1) is 7.11 Å². The molecule has 1 aromatic rings. The lowest BCUT2D eigenvalue weighted by Crippen LogP contribution is -2.45. The average molecular weight is 393 g/mol. The smallest absolute Gasteiger partial charge is 0.231 e. The Bertz CT molecular complexity index is 525. The third-order valence-electron chi connectivity index (χ3n) is 4.74. The second-order valence-corrected chi connectivity index (χ2v) is 6.25. The van der Waals surface area contributed by atoms with E-state index in [1.165, 1.54) is 31.2 Å². The van der Waals surface area contributed by atoms with E-state index in [2.05, 4.69) is 29.3 Å². The van der Waals surface area contributed by atoms with Crippen LogP contribution >= 0.6 is 24.8 Å². The summed E-state index contributed by atoms with van der Waals surface area (Å²) in [6.07, 6.45) is 4.96. The molecule has 144 valence electrons. The van der Waals surface area contributed by atoms with Crippen molar-refractivity contribution in [3.63, 3.8) is 0 Å². The third kappa shape index (κ3) is 5.30. The number of ether oxygens (including phenoxy) is 3. The molecule has 0 spiro atoms. The molecule has 1 aromatic carbocycles. The molecule has 1 atom stereocenters. The molecule has 2 heterocycles. The van der Waals surface area contributed by atoms with Gasteiger partial charge in [-0.2, -0.15) is 0 Å². The third-order valence-corrected chi connectivity index (χ3v) is 4.74. The molecule has 1 N–H and O–H groups in total. The highest BCUT2D eigenvalue weighted by molar-refractivity contribution is 5.85. The number of nitrogens with one attached hydrogen (secondary N) is 1. The molecule has 0 aromatic heterocycles. The van der Waals surface area contributed by atoms with Crippen molar-refractivity contribution in [2.24, 2.45) is 0 Å². The molecule has 0 radical (unpaired) electrons. The Morgan fingerprint density at radius 2 is 1.92 bits per heavy atom. The van der Waals surface area contributed by atoms with Gasteiger partial charge in [0.25, 0.3) is 0 Å². The number of hydrogen-bond acceptors (Lipinski definition) is 5. The van der Waals surface area contributed by atoms with Crippen LogP contribution in [0.25, 0.3) is 0 Å². The maximum Gasteiger partial charge on any atom is 0.231 e. The first-order valence-corrected chi connectivity index (χ1v) is 8.75. The normalized spacial score (nSPS) is 17.4. The minimum absolute atomic E-state index is 0. The Morgan fingerprint density at radius 3 is 2.60 bits per heavy atom. The highest BCUT2D eigenvalue weighted by atomic mass is 35.5. The van der Waals surface area contributed by atoms with E-state index in [-0.39, 0.29) is 31.6 Å². The van der Waals surface area contributed by atoms with Crippen LogP contribution in [0.5, 0.6) is 17.2 Å². The van der Waals surface area contributed by atoms with Crippen molar-refractivity contribution in [2.45, 2.75) is 38.6 Å². The first-order chi connectivity index (χ1) is 11.3. The molecule has 2 aliphatic rings. The van der Waals surface area contributed by atoms with E-state index in [0.29, 0.717) is 6.04 Å². The predicted molar refractivity (Wildman–Crippen MR) is 105 cm³/mol. The molecule has 0 unspecified atom stereocenters. The molecule has 0 aliphatic carbocycles. The topological polar surface area (TPSA) is 43.0 Å². The van der Waals surface area contributed by atoms with Crippen LogP contribution in [0.2, 0.25) is 0 Å². The first-order valence-electron chi connectivity index (χ1n) is 8.75. The van der Waals surface area contributed by atoms with E-state index in [9.17, 15) is 0 Å². The lowest BCUT2D eigenvalue weighted by Gasteiger charge is -2.35. The monoisotopic (exact) mass is 392 g/mol. The zero-order valence-electron chi connectivity index (χ0n) is 15.1. The van der Waals surface area contributed by atoms with E-state index in [4.69, 9.17) is 14.2 Å². The summed E-state index contributed by atoms with van der Waals surface area (Å²) in [5.74, 6) is 2.34. The van der Waals surface area contributed by atoms with Crippen LogP contribution in [0, 0.1) is 0 Å². The van der Waals surface area contributed by atoms with Crippen molar-refractivity contribution >= 4 is 24.8 Å². The fraction of sp³-hybridized carbons (Fsp3) is 0.667. The SMILES string of the molecule is CCCCC[C@H](c1cc(OC)c2c(c1)OCO2)N1CCNCC1.Cl.Cl. The van der Waals surface area contributed by atoms with Gasteiger partial charge in [-0.3, -0.25) is 4.90 Å². The van der Waals surface area contributed by atoms with Gasteiger partial charge >= 0.3 is 0 Å². The van der Waals surface area contributed by atoms with Crippen LogP contribution in [-0.2, 0) is 0 Å². The number of methoxy groups -OCH3 is 1. The van der Waals surface area contributed by atoms with Gasteiger partial charge in [0.1, 0.15) is 0 Å². The quantitative estimate of drug-likeness (QED) is 0.714. The largest absolute Gasteiger partial charge is 0.493 e. The summed E-state index contributed by atoms with van der Waals surface area (Å²) < 4.78 is 16.7. The summed E-state index contributed by atoms with van der Waals surface area (Å²) in [6.45, 7) is 6.84. The Morgan fingerprint density at radius 1 is 1.16 bits per heavy atom. The summed E-state index contributed by atoms with van der Waals surface area (Å²) in [5, 5.41) is 3.44. The Labute approximate surface area is 163 Å². The summed E-state index contributed by atoms with van der Waals surface area (Å²) in [7, 11) is 1.69. The van der Waals surface area contributed by atoms with Crippen LogP contribution in [0.15, 0.2) is 12.1 Å². The van der Waals surface area contributed by atoms with Crippen LogP contribution in [0.3, 0.4) is 0 Å². The Hall–Kier alpha value is -0.880. The van der Waals surface area contributed by atoms with Crippen molar-refractivity contribution in [3.8, 4) is 17.2 Å². The van der Waals surface area contributed by atoms with Crippen molar-refractivity contribution in [2.75, 3.05) is 40.1 Å². The molecule has 25 heavy (non-hydrogen) atoms. The van der Waals surface area contributed by atoms with E-state index < -0.39 is 0 Å². The Kier molecular flexibility index (Phi) is 9.72. The number of unbranched alkanes of at least 4 members (excludes halogenated alkanes) is 2. The second-order valence-electron chi connectivity index (χ2n) is 6.25. The highest BCUT2D eigenvalue weighted by Gasteiger charge is 2.26. The van der Waals surface area contributed by atoms with Crippen molar-refractivity contribution < 1.29 is 14.2 Å². The minimum atomic E-state index is 0. The van der Waals surface area contributed by atoms with Crippen molar-refractivity contribution in [3.05, 3.63) is 17.7 Å². The average Bonchev–Trinajstić information content (AvgIpc) is 3.07. The summed E-state index contributed by atoms with van der Waals surface area (Å²) in [5.41, 5.74) is 1.28. The summed E-state index contributed by atoms with van der Waals surface area (Å²) in [4.78, 5) is 2.59. The molecular weight excluding hydrogens is 363 g/mol. The number of fused-ring (bicyclic) bond motifs is 1. The molecule has 0 saturated carbocycles. The lowest BCUT2D eigenvalue weighted by atomic mass is 9.97. The number of nitrogens with zero attached hydrogens (tertiary/aromatic N) is 1.